The maximum absolute atomic E-state index is 4.48. The Labute approximate surface area is 280 Å². The molecule has 6 aliphatic carbocycles. The van der Waals surface area contributed by atoms with E-state index in [2.05, 4.69) is 84.4 Å². The van der Waals surface area contributed by atoms with E-state index in [0.29, 0.717) is 35.6 Å². The lowest BCUT2D eigenvalue weighted by atomic mass is 9.62. The Morgan fingerprint density at radius 3 is 2.70 bits per heavy atom. The molecule has 1 fully saturated rings. The van der Waals surface area contributed by atoms with Crippen LogP contribution in [0.25, 0.3) is 0 Å². The molecule has 7 unspecified atom stereocenters. The van der Waals surface area contributed by atoms with Gasteiger partial charge in [0.25, 0.3) is 0 Å². The van der Waals surface area contributed by atoms with Gasteiger partial charge in [-0.2, -0.15) is 0 Å². The predicted octanol–water partition coefficient (Wildman–Crippen LogP) is 11.1. The van der Waals surface area contributed by atoms with Crippen LogP contribution in [-0.4, -0.2) is 18.8 Å². The van der Waals surface area contributed by atoms with Crippen LogP contribution in [0.15, 0.2) is 112 Å². The minimum absolute atomic E-state index is 0.537. The highest BCUT2D eigenvalue weighted by Gasteiger charge is 2.40. The molecule has 0 radical (unpaired) electrons. The summed E-state index contributed by atoms with van der Waals surface area (Å²) in [6.07, 6.45) is 47.3. The molecule has 244 valence electrons. The quantitative estimate of drug-likeness (QED) is 0.140. The van der Waals surface area contributed by atoms with Crippen LogP contribution >= 0.6 is 0 Å². The predicted molar refractivity (Wildman–Crippen MR) is 197 cm³/mol. The van der Waals surface area contributed by atoms with Crippen molar-refractivity contribution in [2.45, 2.75) is 109 Å². The van der Waals surface area contributed by atoms with Crippen molar-refractivity contribution >= 4 is 6.21 Å². The topological polar surface area (TPSA) is 24.4 Å². The van der Waals surface area contributed by atoms with Crippen molar-refractivity contribution in [3.8, 4) is 0 Å². The summed E-state index contributed by atoms with van der Waals surface area (Å²) >= 11 is 0. The molecule has 7 rings (SSSR count). The van der Waals surface area contributed by atoms with Gasteiger partial charge in [-0.3, -0.25) is 4.99 Å². The van der Waals surface area contributed by atoms with Crippen LogP contribution in [0.2, 0.25) is 0 Å². The summed E-state index contributed by atoms with van der Waals surface area (Å²) in [5.41, 5.74) is 8.97. The molecular formula is C44H58N2. The Bertz CT molecular complexity index is 1390. The zero-order valence-corrected chi connectivity index (χ0v) is 28.4. The molecule has 0 amide bonds. The second-order valence-corrected chi connectivity index (χ2v) is 15.5. The third-order valence-corrected chi connectivity index (χ3v) is 12.7. The van der Waals surface area contributed by atoms with Crippen LogP contribution in [0.5, 0.6) is 0 Å². The number of aliphatic imine (C=N–C) groups is 1. The van der Waals surface area contributed by atoms with Crippen molar-refractivity contribution in [1.82, 2.24) is 5.32 Å². The number of allylic oxidation sites excluding steroid dienone is 14. The van der Waals surface area contributed by atoms with Gasteiger partial charge in [-0.25, -0.2) is 0 Å². The van der Waals surface area contributed by atoms with Crippen LogP contribution in [0.1, 0.15) is 103 Å². The normalized spacial score (nSPS) is 35.2. The first kappa shape index (κ1) is 31.7. The summed E-state index contributed by atoms with van der Waals surface area (Å²) in [6.45, 7) is 9.34. The lowest BCUT2D eigenvalue weighted by Gasteiger charge is -2.45. The second kappa shape index (κ2) is 14.9. The molecule has 46 heavy (non-hydrogen) atoms. The highest BCUT2D eigenvalue weighted by atomic mass is 14.9. The molecular weight excluding hydrogens is 556 g/mol. The van der Waals surface area contributed by atoms with E-state index in [1.165, 1.54) is 108 Å². The number of nitrogens with one attached hydrogen (secondary N) is 1. The smallest absolute Gasteiger partial charge is 0.0391 e. The van der Waals surface area contributed by atoms with Gasteiger partial charge in [0, 0.05) is 36.3 Å². The summed E-state index contributed by atoms with van der Waals surface area (Å²) in [7, 11) is 0. The van der Waals surface area contributed by atoms with E-state index in [-0.39, 0.29) is 0 Å². The molecule has 7 aliphatic rings. The molecule has 8 atom stereocenters. The van der Waals surface area contributed by atoms with Gasteiger partial charge in [-0.05, 0) is 136 Å². The summed E-state index contributed by atoms with van der Waals surface area (Å²) in [5, 5.41) is 4.22. The second-order valence-electron chi connectivity index (χ2n) is 15.5. The van der Waals surface area contributed by atoms with E-state index in [0.717, 1.165) is 30.4 Å². The van der Waals surface area contributed by atoms with Gasteiger partial charge >= 0.3 is 0 Å². The average molecular weight is 615 g/mol. The molecule has 2 nitrogen and oxygen atoms in total. The number of unbranched alkanes of at least 4 members (excludes halogenated alkanes) is 1. The number of fused-ring (bicyclic) bond motifs is 2. The highest BCUT2D eigenvalue weighted by molar-refractivity contribution is 5.62. The van der Waals surface area contributed by atoms with Crippen molar-refractivity contribution < 1.29 is 0 Å². The summed E-state index contributed by atoms with van der Waals surface area (Å²) in [6, 6.07) is 0.537. The van der Waals surface area contributed by atoms with Gasteiger partial charge in [0.2, 0.25) is 0 Å². The number of hydrogen-bond acceptors (Lipinski definition) is 2. The Balaban J connectivity index is 1.10. The van der Waals surface area contributed by atoms with E-state index in [1.807, 2.05) is 11.6 Å². The van der Waals surface area contributed by atoms with Crippen molar-refractivity contribution in [3.63, 3.8) is 0 Å². The first-order valence-corrected chi connectivity index (χ1v) is 19.1. The molecule has 1 N–H and O–H groups in total. The minimum atomic E-state index is 0.537. The van der Waals surface area contributed by atoms with Gasteiger partial charge in [0.1, 0.15) is 0 Å². The molecule has 0 aromatic rings. The van der Waals surface area contributed by atoms with E-state index < -0.39 is 0 Å². The average Bonchev–Trinajstić information content (AvgIpc) is 3.63. The van der Waals surface area contributed by atoms with Crippen LogP contribution in [0.3, 0.4) is 0 Å². The largest absolute Gasteiger partial charge is 0.382 e. The highest BCUT2D eigenvalue weighted by Crippen LogP contribution is 2.50. The Hall–Kier alpha value is -2.87. The fourth-order valence-electron chi connectivity index (χ4n) is 10.2. The van der Waals surface area contributed by atoms with Crippen molar-refractivity contribution in [3.05, 3.63) is 107 Å². The number of hydrogen-bond donors (Lipinski definition) is 1. The van der Waals surface area contributed by atoms with Crippen LogP contribution < -0.4 is 5.32 Å². The van der Waals surface area contributed by atoms with Gasteiger partial charge in [0.05, 0.1) is 0 Å². The monoisotopic (exact) mass is 614 g/mol. The maximum atomic E-state index is 4.48. The first-order chi connectivity index (χ1) is 22.7. The summed E-state index contributed by atoms with van der Waals surface area (Å²) in [5.74, 6) is 4.86. The van der Waals surface area contributed by atoms with Crippen LogP contribution in [0, 0.1) is 41.4 Å². The van der Waals surface area contributed by atoms with Gasteiger partial charge in [-0.15, -0.1) is 0 Å². The van der Waals surface area contributed by atoms with E-state index in [9.17, 15) is 0 Å². The molecule has 0 bridgehead atoms. The molecule has 0 saturated heterocycles. The first-order valence-electron chi connectivity index (χ1n) is 19.1. The zero-order chi connectivity index (χ0) is 31.3. The molecule has 1 aliphatic heterocycles. The fourth-order valence-corrected chi connectivity index (χ4v) is 10.2. The lowest BCUT2D eigenvalue weighted by molar-refractivity contribution is 0.213. The number of nitrogens with zero attached hydrogens (tertiary/aromatic N) is 1. The van der Waals surface area contributed by atoms with E-state index >= 15 is 0 Å². The SMILES string of the molecule is C=CC(=C)C1=CCCC(C2CCC(C3CCC(CCCC[C@H]4C=NCC4)CC3NC3=CC4C=CCCC4C=C3)=C3C=CCCC32)=C1. The van der Waals surface area contributed by atoms with E-state index in [4.69, 9.17) is 0 Å². The van der Waals surface area contributed by atoms with Gasteiger partial charge in [0.15, 0.2) is 0 Å². The van der Waals surface area contributed by atoms with Crippen LogP contribution in [-0.2, 0) is 0 Å². The summed E-state index contributed by atoms with van der Waals surface area (Å²) < 4.78 is 0. The molecule has 0 spiro atoms. The van der Waals surface area contributed by atoms with Crippen molar-refractivity contribution in [1.29, 1.82) is 0 Å². The third kappa shape index (κ3) is 7.17. The molecule has 0 aromatic heterocycles. The molecule has 0 aromatic carbocycles. The summed E-state index contributed by atoms with van der Waals surface area (Å²) in [4.78, 5) is 4.48. The molecule has 1 heterocycles. The molecule has 2 heteroatoms. The third-order valence-electron chi connectivity index (χ3n) is 12.7. The lowest BCUT2D eigenvalue weighted by Crippen LogP contribution is -2.43. The van der Waals surface area contributed by atoms with Crippen molar-refractivity contribution in [2.75, 3.05) is 6.54 Å². The Morgan fingerprint density at radius 1 is 0.891 bits per heavy atom. The van der Waals surface area contributed by atoms with Crippen LogP contribution in [0.4, 0.5) is 0 Å². The molecule has 1 saturated carbocycles. The van der Waals surface area contributed by atoms with E-state index in [1.54, 1.807) is 11.1 Å². The fraction of sp³-hybridized carbons (Fsp3) is 0.568. The van der Waals surface area contributed by atoms with Gasteiger partial charge < -0.3 is 5.32 Å². The maximum Gasteiger partial charge on any atom is 0.0391 e. The number of rotatable bonds is 11. The van der Waals surface area contributed by atoms with Crippen molar-refractivity contribution in [2.24, 2.45) is 46.4 Å². The minimum Gasteiger partial charge on any atom is -0.382 e. The zero-order valence-electron chi connectivity index (χ0n) is 28.4. The van der Waals surface area contributed by atoms with Gasteiger partial charge in [-0.1, -0.05) is 98.3 Å². The Kier molecular flexibility index (Phi) is 10.3. The standard InChI is InChI=1S/C44H58N2/c1-3-31(2)35-15-10-16-37(28-35)39-23-24-42(41-18-9-8-17-40(39)41)43-22-19-32(11-4-5-12-33-25-26-45-30-33)27-44(43)46-38-21-20-34-13-6-7-14-36(34)29-38/h3,7,9,14-15,18,20-21,28-30,32-34,36,39-40,43-44,46H,1-2,4-6,8,10-13,16-17,19,22-27H2/t32?,33-,34?,36?,39?,40?,43?,44?/m1/s1. The Morgan fingerprint density at radius 2 is 1.80 bits per heavy atom.